The molecule has 1 saturated carbocycles. The number of aromatic amines is 1. The minimum absolute atomic E-state index is 0.153. The lowest BCUT2D eigenvalue weighted by molar-refractivity contribution is -0.123. The number of hydrogen-bond donors (Lipinski definition) is 3. The van der Waals surface area contributed by atoms with Gasteiger partial charge < -0.3 is 4.74 Å². The number of hydrazine groups is 1. The van der Waals surface area contributed by atoms with Crippen LogP contribution < -0.4 is 15.6 Å². The van der Waals surface area contributed by atoms with Gasteiger partial charge in [0.15, 0.2) is 0 Å². The zero-order chi connectivity index (χ0) is 18.4. The van der Waals surface area contributed by atoms with Crippen LogP contribution in [0.4, 0.5) is 0 Å². The minimum atomic E-state index is -0.422. The Morgan fingerprint density at radius 1 is 1.15 bits per heavy atom. The van der Waals surface area contributed by atoms with E-state index in [0.29, 0.717) is 18.0 Å². The third kappa shape index (κ3) is 4.62. The third-order valence-corrected chi connectivity index (χ3v) is 4.72. The van der Waals surface area contributed by atoms with Crippen molar-refractivity contribution in [2.24, 2.45) is 5.92 Å². The summed E-state index contributed by atoms with van der Waals surface area (Å²) in [5.74, 6) is 0.604. The molecule has 0 unspecified atom stereocenters. The number of nitrogens with one attached hydrogen (secondary N) is 3. The first-order valence-electron chi connectivity index (χ1n) is 8.94. The van der Waals surface area contributed by atoms with Crippen LogP contribution in [0.3, 0.4) is 0 Å². The molecule has 7 nitrogen and oxygen atoms in total. The van der Waals surface area contributed by atoms with Gasteiger partial charge in [0.2, 0.25) is 5.91 Å². The average molecular weight is 356 g/mol. The first kappa shape index (κ1) is 18.0. The monoisotopic (exact) mass is 356 g/mol. The zero-order valence-electron chi connectivity index (χ0n) is 14.9. The first-order chi connectivity index (χ1) is 12.7. The molecule has 7 heteroatoms. The maximum atomic E-state index is 12.2. The summed E-state index contributed by atoms with van der Waals surface area (Å²) in [7, 11) is 1.61. The number of aromatic nitrogens is 2. The molecule has 1 aromatic carbocycles. The summed E-state index contributed by atoms with van der Waals surface area (Å²) in [5, 5.41) is 6.84. The highest BCUT2D eigenvalue weighted by Gasteiger charge is 2.18. The topological polar surface area (TPSA) is 96.1 Å². The molecule has 0 radical (unpaired) electrons. The van der Waals surface area contributed by atoms with Gasteiger partial charge in [-0.1, -0.05) is 19.3 Å². The van der Waals surface area contributed by atoms with E-state index >= 15 is 0 Å². The highest BCUT2D eigenvalue weighted by atomic mass is 16.5. The van der Waals surface area contributed by atoms with E-state index in [1.807, 2.05) is 24.3 Å². The standard InChI is InChI=1S/C19H24N4O3/c1-26-15-9-7-14(8-10-15)16-12-17(21-20-16)19(25)23-22-18(24)11-13-5-3-2-4-6-13/h7-10,12-13H,2-6,11H2,1H3,(H,20,21)(H,22,24)(H,23,25). The fourth-order valence-electron chi connectivity index (χ4n) is 3.25. The third-order valence-electron chi connectivity index (χ3n) is 4.72. The summed E-state index contributed by atoms with van der Waals surface area (Å²) in [4.78, 5) is 24.1. The molecule has 1 aromatic heterocycles. The lowest BCUT2D eigenvalue weighted by Gasteiger charge is -2.20. The summed E-state index contributed by atoms with van der Waals surface area (Å²) in [6, 6.07) is 9.03. The van der Waals surface area contributed by atoms with Crippen LogP contribution in [-0.2, 0) is 4.79 Å². The maximum Gasteiger partial charge on any atom is 0.287 e. The van der Waals surface area contributed by atoms with Crippen molar-refractivity contribution in [3.05, 3.63) is 36.0 Å². The van der Waals surface area contributed by atoms with Crippen LogP contribution in [0.1, 0.15) is 49.0 Å². The van der Waals surface area contributed by atoms with Crippen LogP contribution in [0, 0.1) is 5.92 Å². The van der Waals surface area contributed by atoms with Gasteiger partial charge in [0.05, 0.1) is 12.8 Å². The molecule has 1 aliphatic rings. The smallest absolute Gasteiger partial charge is 0.287 e. The number of methoxy groups -OCH3 is 1. The maximum absolute atomic E-state index is 12.2. The van der Waals surface area contributed by atoms with Crippen molar-refractivity contribution >= 4 is 11.8 Å². The molecule has 1 fully saturated rings. The Morgan fingerprint density at radius 2 is 1.88 bits per heavy atom. The second-order valence-electron chi connectivity index (χ2n) is 6.61. The van der Waals surface area contributed by atoms with E-state index in [0.717, 1.165) is 24.2 Å². The molecular formula is C19H24N4O3. The van der Waals surface area contributed by atoms with Crippen LogP contribution in [0.2, 0.25) is 0 Å². The summed E-state index contributed by atoms with van der Waals surface area (Å²) in [6.45, 7) is 0. The quantitative estimate of drug-likeness (QED) is 0.718. The molecule has 0 saturated heterocycles. The number of hydrogen-bond acceptors (Lipinski definition) is 4. The number of rotatable bonds is 5. The molecule has 2 amide bonds. The number of H-pyrrole nitrogens is 1. The number of ether oxygens (including phenoxy) is 1. The van der Waals surface area contributed by atoms with Gasteiger partial charge in [0.1, 0.15) is 11.4 Å². The Balaban J connectivity index is 1.51. The van der Waals surface area contributed by atoms with E-state index in [9.17, 15) is 9.59 Å². The van der Waals surface area contributed by atoms with Crippen molar-refractivity contribution in [1.82, 2.24) is 21.0 Å². The molecule has 138 valence electrons. The van der Waals surface area contributed by atoms with Crippen LogP contribution in [0.25, 0.3) is 11.3 Å². The van der Waals surface area contributed by atoms with Crippen molar-refractivity contribution in [3.8, 4) is 17.0 Å². The SMILES string of the molecule is COc1ccc(-c2cc(C(=O)NNC(=O)CC3CCCCC3)[nH]n2)cc1. The molecule has 0 atom stereocenters. The van der Waals surface area contributed by atoms with Crippen molar-refractivity contribution < 1.29 is 14.3 Å². The number of carbonyl (C=O) groups excluding carboxylic acids is 2. The Kier molecular flexibility index (Phi) is 5.88. The molecule has 1 heterocycles. The molecule has 1 aliphatic carbocycles. The van der Waals surface area contributed by atoms with Crippen LogP contribution in [0.15, 0.2) is 30.3 Å². The van der Waals surface area contributed by atoms with E-state index < -0.39 is 5.91 Å². The van der Waals surface area contributed by atoms with Gasteiger partial charge in [-0.3, -0.25) is 25.5 Å². The molecule has 2 aromatic rings. The summed E-state index contributed by atoms with van der Waals surface area (Å²) >= 11 is 0. The van der Waals surface area contributed by atoms with Gasteiger partial charge >= 0.3 is 0 Å². The highest BCUT2D eigenvalue weighted by Crippen LogP contribution is 2.26. The van der Waals surface area contributed by atoms with E-state index in [-0.39, 0.29) is 11.6 Å². The molecule has 3 N–H and O–H groups in total. The van der Waals surface area contributed by atoms with Gasteiger partial charge in [-0.25, -0.2) is 0 Å². The van der Waals surface area contributed by atoms with E-state index in [4.69, 9.17) is 4.74 Å². The van der Waals surface area contributed by atoms with Crippen LogP contribution >= 0.6 is 0 Å². The second-order valence-corrected chi connectivity index (χ2v) is 6.61. The fraction of sp³-hybridized carbons (Fsp3) is 0.421. The molecule has 0 spiro atoms. The van der Waals surface area contributed by atoms with Gasteiger partial charge in [-0.2, -0.15) is 5.10 Å². The van der Waals surface area contributed by atoms with Gasteiger partial charge in [0.25, 0.3) is 5.91 Å². The summed E-state index contributed by atoms with van der Waals surface area (Å²) in [6.07, 6.45) is 6.27. The van der Waals surface area contributed by atoms with Crippen molar-refractivity contribution in [2.75, 3.05) is 7.11 Å². The Hall–Kier alpha value is -2.83. The highest BCUT2D eigenvalue weighted by molar-refractivity contribution is 5.94. The van der Waals surface area contributed by atoms with Crippen molar-refractivity contribution in [2.45, 2.75) is 38.5 Å². The Morgan fingerprint density at radius 3 is 2.58 bits per heavy atom. The molecule has 0 aliphatic heterocycles. The largest absolute Gasteiger partial charge is 0.497 e. The predicted octanol–water partition coefficient (Wildman–Crippen LogP) is 2.82. The Labute approximate surface area is 152 Å². The zero-order valence-corrected chi connectivity index (χ0v) is 14.9. The van der Waals surface area contributed by atoms with Crippen molar-refractivity contribution in [1.29, 1.82) is 0 Å². The summed E-state index contributed by atoms with van der Waals surface area (Å²) in [5.41, 5.74) is 6.73. The van der Waals surface area contributed by atoms with E-state index in [1.54, 1.807) is 13.2 Å². The Bertz CT molecular complexity index is 748. The first-order valence-corrected chi connectivity index (χ1v) is 8.94. The molecular weight excluding hydrogens is 332 g/mol. The van der Waals surface area contributed by atoms with E-state index in [2.05, 4.69) is 21.0 Å². The average Bonchev–Trinajstić information content (AvgIpc) is 3.17. The number of amides is 2. The van der Waals surface area contributed by atoms with E-state index in [1.165, 1.54) is 19.3 Å². The van der Waals surface area contributed by atoms with Crippen molar-refractivity contribution in [3.63, 3.8) is 0 Å². The summed E-state index contributed by atoms with van der Waals surface area (Å²) < 4.78 is 5.12. The van der Waals surface area contributed by atoms with Crippen LogP contribution in [-0.4, -0.2) is 29.1 Å². The lowest BCUT2D eigenvalue weighted by atomic mass is 9.87. The molecule has 0 bridgehead atoms. The minimum Gasteiger partial charge on any atom is -0.497 e. The number of benzene rings is 1. The van der Waals surface area contributed by atoms with Crippen LogP contribution in [0.5, 0.6) is 5.75 Å². The predicted molar refractivity (Wildman–Crippen MR) is 97.4 cm³/mol. The fourth-order valence-corrected chi connectivity index (χ4v) is 3.25. The van der Waals surface area contributed by atoms with Gasteiger partial charge in [-0.15, -0.1) is 0 Å². The lowest BCUT2D eigenvalue weighted by Crippen LogP contribution is -2.42. The van der Waals surface area contributed by atoms with Gasteiger partial charge in [0, 0.05) is 12.0 Å². The second kappa shape index (κ2) is 8.51. The normalized spacial score (nSPS) is 14.7. The number of nitrogens with zero attached hydrogens (tertiary/aromatic N) is 1. The molecule has 26 heavy (non-hydrogen) atoms. The molecule has 3 rings (SSSR count). The van der Waals surface area contributed by atoms with Gasteiger partial charge in [-0.05, 0) is 49.1 Å². The number of carbonyl (C=O) groups is 2.